The summed E-state index contributed by atoms with van der Waals surface area (Å²) >= 11 is 0. The van der Waals surface area contributed by atoms with Gasteiger partial charge >= 0.3 is 5.97 Å². The molecule has 0 aliphatic heterocycles. The molecule has 0 radical (unpaired) electrons. The molecule has 0 heterocycles. The van der Waals surface area contributed by atoms with Crippen LogP contribution >= 0.6 is 0 Å². The highest BCUT2D eigenvalue weighted by atomic mass is 16.4. The van der Waals surface area contributed by atoms with Gasteiger partial charge in [-0.25, -0.2) is 0 Å². The number of aliphatic carboxylic acids is 1. The van der Waals surface area contributed by atoms with Crippen LogP contribution in [0, 0.1) is 34.0 Å². The van der Waals surface area contributed by atoms with E-state index in [0.29, 0.717) is 16.7 Å². The molecule has 1 N–H and O–H groups in total. The minimum Gasteiger partial charge on any atom is -0.481 e. The van der Waals surface area contributed by atoms with Crippen molar-refractivity contribution < 1.29 is 9.90 Å². The lowest BCUT2D eigenvalue weighted by Crippen LogP contribution is -2.44. The van der Waals surface area contributed by atoms with E-state index in [1.165, 1.54) is 32.1 Å². The molecule has 1 spiro atoms. The Balaban J connectivity index is 2.00. The SMILES string of the molecule is CC(C(=O)O)C1(C)CCC23CCCC2C(C)(C)C1C3. The van der Waals surface area contributed by atoms with Crippen LogP contribution in [0.2, 0.25) is 0 Å². The predicted octanol–water partition coefficient (Wildman–Crippen LogP) is 4.34. The second-order valence-corrected chi connectivity index (χ2v) is 8.45. The van der Waals surface area contributed by atoms with Gasteiger partial charge < -0.3 is 5.11 Å². The Hall–Kier alpha value is -0.530. The van der Waals surface area contributed by atoms with E-state index >= 15 is 0 Å². The van der Waals surface area contributed by atoms with Gasteiger partial charge in [-0.15, -0.1) is 0 Å². The van der Waals surface area contributed by atoms with E-state index < -0.39 is 5.97 Å². The Morgan fingerprint density at radius 3 is 2.47 bits per heavy atom. The summed E-state index contributed by atoms with van der Waals surface area (Å²) in [5.41, 5.74) is 0.891. The van der Waals surface area contributed by atoms with E-state index in [1.54, 1.807) is 0 Å². The van der Waals surface area contributed by atoms with Gasteiger partial charge in [0.15, 0.2) is 0 Å². The van der Waals surface area contributed by atoms with Gasteiger partial charge in [0.1, 0.15) is 0 Å². The molecular weight excluding hydrogens is 236 g/mol. The van der Waals surface area contributed by atoms with Crippen molar-refractivity contribution in [2.75, 3.05) is 0 Å². The van der Waals surface area contributed by atoms with Crippen molar-refractivity contribution in [3.8, 4) is 0 Å². The quantitative estimate of drug-likeness (QED) is 0.805. The number of carbonyl (C=O) groups is 1. The fourth-order valence-corrected chi connectivity index (χ4v) is 6.43. The molecule has 3 rings (SSSR count). The third-order valence-electron chi connectivity index (χ3n) is 7.63. The molecule has 5 atom stereocenters. The molecule has 5 unspecified atom stereocenters. The molecule has 2 bridgehead atoms. The molecular formula is C17H28O2. The first-order valence-corrected chi connectivity index (χ1v) is 7.97. The number of carboxylic acids is 1. The number of fused-ring (bicyclic) bond motifs is 1. The van der Waals surface area contributed by atoms with E-state index in [9.17, 15) is 9.90 Å². The normalized spacial score (nSPS) is 48.8. The van der Waals surface area contributed by atoms with Crippen LogP contribution in [0.15, 0.2) is 0 Å². The second kappa shape index (κ2) is 3.77. The fourth-order valence-electron chi connectivity index (χ4n) is 6.43. The maximum Gasteiger partial charge on any atom is 0.306 e. The highest BCUT2D eigenvalue weighted by Gasteiger charge is 2.67. The fraction of sp³-hybridized carbons (Fsp3) is 0.941. The number of carboxylic acid groups (broad SMARTS) is 1. The molecule has 3 aliphatic rings. The van der Waals surface area contributed by atoms with Gasteiger partial charge in [0.05, 0.1) is 5.92 Å². The zero-order valence-electron chi connectivity index (χ0n) is 12.8. The number of hydrogen-bond donors (Lipinski definition) is 1. The highest BCUT2D eigenvalue weighted by Crippen LogP contribution is 2.74. The van der Waals surface area contributed by atoms with Gasteiger partial charge in [0.2, 0.25) is 0 Å². The monoisotopic (exact) mass is 264 g/mol. The maximum atomic E-state index is 11.5. The lowest BCUT2D eigenvalue weighted by Gasteiger charge is -2.48. The first kappa shape index (κ1) is 13.5. The number of rotatable bonds is 2. The third-order valence-corrected chi connectivity index (χ3v) is 7.63. The van der Waals surface area contributed by atoms with Crippen molar-refractivity contribution in [2.45, 2.75) is 66.2 Å². The summed E-state index contributed by atoms with van der Waals surface area (Å²) in [5.74, 6) is 0.609. The van der Waals surface area contributed by atoms with Crippen molar-refractivity contribution in [3.05, 3.63) is 0 Å². The van der Waals surface area contributed by atoms with Crippen molar-refractivity contribution >= 4 is 5.97 Å². The molecule has 3 aliphatic carbocycles. The Bertz CT molecular complexity index is 413. The van der Waals surface area contributed by atoms with Crippen LogP contribution in [-0.4, -0.2) is 11.1 Å². The van der Waals surface area contributed by atoms with Crippen molar-refractivity contribution in [1.29, 1.82) is 0 Å². The van der Waals surface area contributed by atoms with Gasteiger partial charge in [-0.05, 0) is 60.2 Å². The first-order chi connectivity index (χ1) is 8.74. The summed E-state index contributed by atoms with van der Waals surface area (Å²) in [6.45, 7) is 9.04. The van der Waals surface area contributed by atoms with Crippen LogP contribution in [0.4, 0.5) is 0 Å². The standard InChI is InChI=1S/C17H28O2/c1-11(14(18)19)16(4)8-9-17-7-5-6-12(17)15(2,3)13(16)10-17/h11-13H,5-10H2,1-4H3,(H,18,19). The molecule has 0 aromatic carbocycles. The predicted molar refractivity (Wildman–Crippen MR) is 75.8 cm³/mol. The van der Waals surface area contributed by atoms with Gasteiger partial charge in [0.25, 0.3) is 0 Å². The molecule has 0 saturated heterocycles. The van der Waals surface area contributed by atoms with E-state index in [0.717, 1.165) is 12.3 Å². The smallest absolute Gasteiger partial charge is 0.306 e. The zero-order chi connectivity index (χ0) is 14.1. The molecule has 0 aromatic heterocycles. The summed E-state index contributed by atoms with van der Waals surface area (Å²) in [7, 11) is 0. The lowest BCUT2D eigenvalue weighted by atomic mass is 9.55. The van der Waals surface area contributed by atoms with Crippen LogP contribution in [0.25, 0.3) is 0 Å². The average Bonchev–Trinajstić information content (AvgIpc) is 2.82. The minimum absolute atomic E-state index is 0.00900. The molecule has 3 fully saturated rings. The molecule has 2 nitrogen and oxygen atoms in total. The molecule has 108 valence electrons. The van der Waals surface area contributed by atoms with E-state index in [1.807, 2.05) is 6.92 Å². The van der Waals surface area contributed by atoms with Gasteiger partial charge in [-0.2, -0.15) is 0 Å². The van der Waals surface area contributed by atoms with E-state index in [4.69, 9.17) is 0 Å². The Morgan fingerprint density at radius 2 is 1.84 bits per heavy atom. The second-order valence-electron chi connectivity index (χ2n) is 8.45. The zero-order valence-corrected chi connectivity index (χ0v) is 12.8. The summed E-state index contributed by atoms with van der Waals surface area (Å²) in [6.07, 6.45) is 7.84. The summed E-state index contributed by atoms with van der Waals surface area (Å²) in [5, 5.41) is 9.50. The highest BCUT2D eigenvalue weighted by molar-refractivity contribution is 5.70. The van der Waals surface area contributed by atoms with Gasteiger partial charge in [-0.3, -0.25) is 4.79 Å². The third kappa shape index (κ3) is 1.52. The summed E-state index contributed by atoms with van der Waals surface area (Å²) in [6, 6.07) is 0. The Labute approximate surface area is 117 Å². The molecule has 0 amide bonds. The first-order valence-electron chi connectivity index (χ1n) is 7.97. The number of hydrogen-bond acceptors (Lipinski definition) is 1. The van der Waals surface area contributed by atoms with Gasteiger partial charge in [0, 0.05) is 0 Å². The van der Waals surface area contributed by atoms with Crippen molar-refractivity contribution in [2.24, 2.45) is 34.0 Å². The summed E-state index contributed by atoms with van der Waals surface area (Å²) in [4.78, 5) is 11.5. The minimum atomic E-state index is -0.605. The van der Waals surface area contributed by atoms with Crippen LogP contribution in [0.1, 0.15) is 66.2 Å². The van der Waals surface area contributed by atoms with E-state index in [-0.39, 0.29) is 11.3 Å². The van der Waals surface area contributed by atoms with Gasteiger partial charge in [-0.1, -0.05) is 34.1 Å². The molecule has 3 saturated carbocycles. The van der Waals surface area contributed by atoms with Crippen molar-refractivity contribution in [3.63, 3.8) is 0 Å². The molecule has 0 aromatic rings. The topological polar surface area (TPSA) is 37.3 Å². The van der Waals surface area contributed by atoms with Crippen LogP contribution in [0.3, 0.4) is 0 Å². The van der Waals surface area contributed by atoms with Crippen LogP contribution < -0.4 is 0 Å². The Morgan fingerprint density at radius 1 is 1.16 bits per heavy atom. The maximum absolute atomic E-state index is 11.5. The molecule has 19 heavy (non-hydrogen) atoms. The van der Waals surface area contributed by atoms with Crippen molar-refractivity contribution in [1.82, 2.24) is 0 Å². The lowest BCUT2D eigenvalue weighted by molar-refractivity contribution is -0.150. The van der Waals surface area contributed by atoms with Crippen LogP contribution in [-0.2, 0) is 4.79 Å². The average molecular weight is 264 g/mol. The molecule has 2 heteroatoms. The largest absolute Gasteiger partial charge is 0.481 e. The Kier molecular flexibility index (Phi) is 2.67. The van der Waals surface area contributed by atoms with Crippen LogP contribution in [0.5, 0.6) is 0 Å². The summed E-state index contributed by atoms with van der Waals surface area (Å²) < 4.78 is 0. The van der Waals surface area contributed by atoms with E-state index in [2.05, 4.69) is 20.8 Å².